The molecule has 32 heavy (non-hydrogen) atoms. The summed E-state index contributed by atoms with van der Waals surface area (Å²) in [5, 5.41) is 6.81. The first-order valence-electron chi connectivity index (χ1n) is 9.40. The molecule has 3 aromatic rings. The number of ether oxygens (including phenoxy) is 2. The Morgan fingerprint density at radius 1 is 1.06 bits per heavy atom. The van der Waals surface area contributed by atoms with Crippen LogP contribution in [0.2, 0.25) is 5.02 Å². The van der Waals surface area contributed by atoms with Gasteiger partial charge < -0.3 is 14.8 Å². The average Bonchev–Trinajstić information content (AvgIpc) is 2.80. The number of benzene rings is 3. The van der Waals surface area contributed by atoms with Crippen molar-refractivity contribution >= 4 is 51.2 Å². The molecule has 0 bridgehead atoms. The fraction of sp³-hybridized carbons (Fsp3) is 0.0870. The maximum Gasteiger partial charge on any atom is 0.329 e. The van der Waals surface area contributed by atoms with Crippen molar-refractivity contribution < 1.29 is 19.1 Å². The van der Waals surface area contributed by atoms with Crippen LogP contribution in [0.3, 0.4) is 0 Å². The molecule has 0 unspecified atom stereocenters. The average molecular weight is 517 g/mol. The molecule has 0 spiro atoms. The van der Waals surface area contributed by atoms with Gasteiger partial charge in [-0.2, -0.15) is 5.10 Å². The van der Waals surface area contributed by atoms with E-state index >= 15 is 0 Å². The minimum atomic E-state index is -0.912. The third-order valence-corrected chi connectivity index (χ3v) is 5.01. The number of carbonyl (C=O) groups is 2. The third-order valence-electron chi connectivity index (χ3n) is 4.17. The second-order valence-corrected chi connectivity index (χ2v) is 7.76. The number of amides is 2. The third kappa shape index (κ3) is 6.57. The summed E-state index contributed by atoms with van der Waals surface area (Å²) >= 11 is 9.27. The standard InChI is InChI=1S/C23H19BrClN3O4/c1-31-20-12-16(11-19(24)21(20)32-14-15-5-3-2-4-6-15)13-26-28-23(30)22(29)27-18-9-7-17(25)8-10-18/h2-13H,14H2,1H3,(H,27,29)(H,28,30)/b26-13+. The first-order chi connectivity index (χ1) is 15.5. The molecule has 7 nitrogen and oxygen atoms in total. The lowest BCUT2D eigenvalue weighted by Crippen LogP contribution is -2.32. The Hall–Kier alpha value is -3.36. The number of methoxy groups -OCH3 is 1. The lowest BCUT2D eigenvalue weighted by Gasteiger charge is -2.13. The van der Waals surface area contributed by atoms with Crippen LogP contribution in [0, 0.1) is 0 Å². The summed E-state index contributed by atoms with van der Waals surface area (Å²) in [4.78, 5) is 23.9. The van der Waals surface area contributed by atoms with Gasteiger partial charge in [0.05, 0.1) is 17.8 Å². The molecule has 0 atom stereocenters. The number of carbonyl (C=O) groups excluding carboxylic acids is 2. The molecule has 0 fully saturated rings. The number of hydrogen-bond acceptors (Lipinski definition) is 5. The molecular formula is C23H19BrClN3O4. The molecule has 3 rings (SSSR count). The highest BCUT2D eigenvalue weighted by atomic mass is 79.9. The zero-order chi connectivity index (χ0) is 22.9. The van der Waals surface area contributed by atoms with E-state index in [2.05, 4.69) is 31.8 Å². The topological polar surface area (TPSA) is 89.0 Å². The molecule has 164 valence electrons. The van der Waals surface area contributed by atoms with Gasteiger partial charge in [-0.05, 0) is 63.5 Å². The van der Waals surface area contributed by atoms with Crippen molar-refractivity contribution in [2.24, 2.45) is 5.10 Å². The molecule has 0 saturated heterocycles. The summed E-state index contributed by atoms with van der Waals surface area (Å²) in [5.41, 5.74) is 4.27. The van der Waals surface area contributed by atoms with Gasteiger partial charge >= 0.3 is 11.8 Å². The maximum atomic E-state index is 12.0. The summed E-state index contributed by atoms with van der Waals surface area (Å²) in [7, 11) is 1.53. The van der Waals surface area contributed by atoms with Gasteiger partial charge in [0, 0.05) is 10.7 Å². The van der Waals surface area contributed by atoms with Gasteiger partial charge in [0.2, 0.25) is 0 Å². The quantitative estimate of drug-likeness (QED) is 0.269. The van der Waals surface area contributed by atoms with Crippen LogP contribution in [-0.2, 0) is 16.2 Å². The first-order valence-corrected chi connectivity index (χ1v) is 10.6. The Kier molecular flexibility index (Phi) is 8.24. The summed E-state index contributed by atoms with van der Waals surface area (Å²) in [6.45, 7) is 0.377. The van der Waals surface area contributed by atoms with E-state index in [-0.39, 0.29) is 0 Å². The number of nitrogens with zero attached hydrogens (tertiary/aromatic N) is 1. The second-order valence-electron chi connectivity index (χ2n) is 6.47. The van der Waals surface area contributed by atoms with Crippen LogP contribution in [-0.4, -0.2) is 25.1 Å². The lowest BCUT2D eigenvalue weighted by molar-refractivity contribution is -0.136. The molecule has 2 N–H and O–H groups in total. The number of hydrogen-bond donors (Lipinski definition) is 2. The van der Waals surface area contributed by atoms with E-state index in [1.165, 1.54) is 13.3 Å². The molecule has 0 aliphatic carbocycles. The summed E-state index contributed by atoms with van der Waals surface area (Å²) < 4.78 is 12.0. The molecule has 0 saturated carbocycles. The van der Waals surface area contributed by atoms with Crippen molar-refractivity contribution in [1.82, 2.24) is 5.43 Å². The highest BCUT2D eigenvalue weighted by Crippen LogP contribution is 2.36. The van der Waals surface area contributed by atoms with Crippen LogP contribution < -0.4 is 20.2 Å². The van der Waals surface area contributed by atoms with Gasteiger partial charge in [-0.3, -0.25) is 9.59 Å². The fourth-order valence-corrected chi connectivity index (χ4v) is 3.32. The molecule has 0 heterocycles. The van der Waals surface area contributed by atoms with Crippen LogP contribution in [0.5, 0.6) is 11.5 Å². The smallest absolute Gasteiger partial charge is 0.329 e. The Balaban J connectivity index is 1.61. The van der Waals surface area contributed by atoms with Crippen molar-refractivity contribution in [2.75, 3.05) is 12.4 Å². The van der Waals surface area contributed by atoms with Crippen molar-refractivity contribution in [3.05, 3.63) is 87.4 Å². The summed E-state index contributed by atoms with van der Waals surface area (Å²) in [6.07, 6.45) is 1.39. The molecule has 3 aromatic carbocycles. The van der Waals surface area contributed by atoms with Crippen molar-refractivity contribution in [3.8, 4) is 11.5 Å². The van der Waals surface area contributed by atoms with Gasteiger partial charge in [-0.25, -0.2) is 5.43 Å². The zero-order valence-electron chi connectivity index (χ0n) is 17.0. The van der Waals surface area contributed by atoms with Crippen molar-refractivity contribution in [2.45, 2.75) is 6.61 Å². The number of anilines is 1. The van der Waals surface area contributed by atoms with Crippen molar-refractivity contribution in [1.29, 1.82) is 0 Å². The number of halogens is 2. The van der Waals surface area contributed by atoms with E-state index in [4.69, 9.17) is 21.1 Å². The summed E-state index contributed by atoms with van der Waals surface area (Å²) in [5.74, 6) is -0.735. The van der Waals surface area contributed by atoms with Gasteiger partial charge in [0.1, 0.15) is 6.61 Å². The zero-order valence-corrected chi connectivity index (χ0v) is 19.3. The van der Waals surface area contributed by atoms with Crippen LogP contribution in [0.15, 0.2) is 76.3 Å². The molecule has 9 heteroatoms. The molecule has 0 aliphatic rings. The van der Waals surface area contributed by atoms with E-state index in [9.17, 15) is 9.59 Å². The van der Waals surface area contributed by atoms with Gasteiger partial charge in [0.15, 0.2) is 11.5 Å². The van der Waals surface area contributed by atoms with Gasteiger partial charge in [-0.1, -0.05) is 41.9 Å². The molecule has 0 aliphatic heterocycles. The van der Waals surface area contributed by atoms with E-state index in [1.54, 1.807) is 36.4 Å². The fourth-order valence-electron chi connectivity index (χ4n) is 2.62. The largest absolute Gasteiger partial charge is 0.493 e. The Morgan fingerprint density at radius 3 is 2.47 bits per heavy atom. The predicted molar refractivity (Wildman–Crippen MR) is 127 cm³/mol. The van der Waals surface area contributed by atoms with Crippen LogP contribution in [0.4, 0.5) is 5.69 Å². The highest BCUT2D eigenvalue weighted by Gasteiger charge is 2.14. The maximum absolute atomic E-state index is 12.0. The first kappa shape index (κ1) is 23.3. The predicted octanol–water partition coefficient (Wildman–Crippen LogP) is 4.78. The summed E-state index contributed by atoms with van der Waals surface area (Å²) in [6, 6.07) is 19.6. The monoisotopic (exact) mass is 515 g/mol. The molecule has 0 aromatic heterocycles. The Bertz CT molecular complexity index is 1120. The van der Waals surface area contributed by atoms with E-state index in [0.717, 1.165) is 5.56 Å². The van der Waals surface area contributed by atoms with Gasteiger partial charge in [-0.15, -0.1) is 0 Å². The number of nitrogens with one attached hydrogen (secondary N) is 2. The SMILES string of the molecule is COc1cc(/C=N/NC(=O)C(=O)Nc2ccc(Cl)cc2)cc(Br)c1OCc1ccccc1. The minimum Gasteiger partial charge on any atom is -0.493 e. The normalized spacial score (nSPS) is 10.6. The Morgan fingerprint density at radius 2 is 1.78 bits per heavy atom. The van der Waals surface area contributed by atoms with Crippen LogP contribution in [0.25, 0.3) is 0 Å². The Labute approximate surface area is 198 Å². The molecule has 2 amide bonds. The minimum absolute atomic E-state index is 0.377. The van der Waals surface area contributed by atoms with Crippen molar-refractivity contribution in [3.63, 3.8) is 0 Å². The lowest BCUT2D eigenvalue weighted by atomic mass is 10.2. The van der Waals surface area contributed by atoms with Crippen LogP contribution >= 0.6 is 27.5 Å². The van der Waals surface area contributed by atoms with E-state index < -0.39 is 11.8 Å². The second kappa shape index (κ2) is 11.3. The molecule has 0 radical (unpaired) electrons. The van der Waals surface area contributed by atoms with Crippen LogP contribution in [0.1, 0.15) is 11.1 Å². The van der Waals surface area contributed by atoms with E-state index in [1.807, 2.05) is 30.3 Å². The number of hydrazone groups is 1. The van der Waals surface area contributed by atoms with E-state index in [0.29, 0.717) is 38.9 Å². The van der Waals surface area contributed by atoms with Gasteiger partial charge in [0.25, 0.3) is 0 Å². The highest BCUT2D eigenvalue weighted by molar-refractivity contribution is 9.10. The molecular weight excluding hydrogens is 498 g/mol. The number of rotatable bonds is 7.